The number of nitrogens with one attached hydrogen (secondary N) is 2. The summed E-state index contributed by atoms with van der Waals surface area (Å²) in [6.45, 7) is 2.93. The lowest BCUT2D eigenvalue weighted by Crippen LogP contribution is -2.59. The van der Waals surface area contributed by atoms with E-state index in [2.05, 4.69) is 10.6 Å². The van der Waals surface area contributed by atoms with E-state index in [0.29, 0.717) is 17.1 Å². The Bertz CT molecular complexity index is 941. The Morgan fingerprint density at radius 2 is 1.83 bits per heavy atom. The van der Waals surface area contributed by atoms with E-state index in [0.717, 1.165) is 0 Å². The molecule has 0 bridgehead atoms. The highest BCUT2D eigenvalue weighted by Gasteiger charge is 2.43. The van der Waals surface area contributed by atoms with Crippen molar-refractivity contribution in [3.63, 3.8) is 0 Å². The van der Waals surface area contributed by atoms with Gasteiger partial charge in [0.05, 0.1) is 23.5 Å². The van der Waals surface area contributed by atoms with Crippen LogP contribution in [-0.4, -0.2) is 48.2 Å². The molecule has 2 aromatic rings. The molecule has 8 nitrogen and oxygen atoms in total. The summed E-state index contributed by atoms with van der Waals surface area (Å²) >= 11 is 0. The Labute approximate surface area is 168 Å². The minimum absolute atomic E-state index is 0.0899. The number of hydrogen-bond donors (Lipinski definition) is 3. The van der Waals surface area contributed by atoms with Crippen molar-refractivity contribution in [1.29, 1.82) is 0 Å². The molecule has 3 rings (SSSR count). The molecule has 0 radical (unpaired) electrons. The van der Waals surface area contributed by atoms with E-state index in [1.165, 1.54) is 4.90 Å². The number of benzene rings is 2. The summed E-state index contributed by atoms with van der Waals surface area (Å²) in [5.41, 5.74) is 0.684. The predicted octanol–water partition coefficient (Wildman–Crippen LogP) is 2.01. The fraction of sp³-hybridized carbons (Fsp3) is 0.286. The van der Waals surface area contributed by atoms with Gasteiger partial charge in [-0.1, -0.05) is 24.3 Å². The Balaban J connectivity index is 1.77. The molecule has 3 N–H and O–H groups in total. The molecule has 0 aliphatic carbocycles. The first-order chi connectivity index (χ1) is 13.9. The number of nitrogens with zero attached hydrogens (tertiary/aromatic N) is 1. The third-order valence-corrected chi connectivity index (χ3v) is 4.66. The summed E-state index contributed by atoms with van der Waals surface area (Å²) in [5, 5.41) is 14.7. The quantitative estimate of drug-likeness (QED) is 0.644. The minimum atomic E-state index is -1.14. The molecule has 0 saturated heterocycles. The van der Waals surface area contributed by atoms with E-state index in [1.807, 2.05) is 0 Å². The maximum absolute atomic E-state index is 12.9. The van der Waals surface area contributed by atoms with Crippen LogP contribution in [0.2, 0.25) is 0 Å². The molecule has 0 atom stereocenters. The number of carbonyl (C=O) groups excluding carboxylic acids is 3. The van der Waals surface area contributed by atoms with Crippen molar-refractivity contribution >= 4 is 34.8 Å². The lowest BCUT2D eigenvalue weighted by atomic mass is 9.96. The molecule has 0 fully saturated rings. The van der Waals surface area contributed by atoms with Gasteiger partial charge in [0.15, 0.2) is 6.61 Å². The van der Waals surface area contributed by atoms with E-state index < -0.39 is 24.0 Å². The van der Waals surface area contributed by atoms with Crippen molar-refractivity contribution < 1.29 is 24.2 Å². The minimum Gasteiger partial charge on any atom is -0.452 e. The van der Waals surface area contributed by atoms with E-state index in [-0.39, 0.29) is 24.6 Å². The normalized spacial score (nSPS) is 14.6. The molecule has 0 aromatic heterocycles. The van der Waals surface area contributed by atoms with Gasteiger partial charge in [-0.05, 0) is 38.1 Å². The second kappa shape index (κ2) is 8.32. The van der Waals surface area contributed by atoms with Gasteiger partial charge in [-0.15, -0.1) is 0 Å². The molecule has 2 aromatic carbocycles. The molecule has 1 heterocycles. The van der Waals surface area contributed by atoms with Crippen molar-refractivity contribution in [3.05, 3.63) is 54.1 Å². The number of hydrogen-bond acceptors (Lipinski definition) is 6. The van der Waals surface area contributed by atoms with Gasteiger partial charge >= 0.3 is 5.97 Å². The van der Waals surface area contributed by atoms with E-state index in [9.17, 15) is 14.4 Å². The first kappa shape index (κ1) is 20.3. The molecular weight excluding hydrogens is 374 g/mol. The van der Waals surface area contributed by atoms with Crippen LogP contribution in [0.3, 0.4) is 0 Å². The van der Waals surface area contributed by atoms with Crippen LogP contribution in [0.4, 0.5) is 17.1 Å². The number of esters is 1. The molecule has 2 amide bonds. The fourth-order valence-electron chi connectivity index (χ4n) is 3.17. The van der Waals surface area contributed by atoms with Gasteiger partial charge in [-0.3, -0.25) is 14.5 Å². The average molecular weight is 397 g/mol. The van der Waals surface area contributed by atoms with Crippen molar-refractivity contribution in [2.24, 2.45) is 0 Å². The van der Waals surface area contributed by atoms with Gasteiger partial charge in [0, 0.05) is 12.2 Å². The lowest BCUT2D eigenvalue weighted by Gasteiger charge is -2.41. The Kier molecular flexibility index (Phi) is 5.84. The van der Waals surface area contributed by atoms with Crippen LogP contribution >= 0.6 is 0 Å². The van der Waals surface area contributed by atoms with Crippen molar-refractivity contribution in [2.75, 3.05) is 35.3 Å². The van der Waals surface area contributed by atoms with Gasteiger partial charge in [0.1, 0.15) is 5.54 Å². The second-order valence-corrected chi connectivity index (χ2v) is 7.03. The standard InChI is InChI=1S/C21H23N3O5/c1-21(2)20(28)23-16-9-5-6-10-17(16)24(21)18(26)13-29-19(27)14-7-3-4-8-15(14)22-11-12-25/h3-10,22,25H,11-13H2,1-2H3,(H,23,28). The van der Waals surface area contributed by atoms with Gasteiger partial charge in [-0.25, -0.2) is 4.79 Å². The first-order valence-electron chi connectivity index (χ1n) is 9.20. The van der Waals surface area contributed by atoms with Crippen LogP contribution < -0.4 is 15.5 Å². The number of carbonyl (C=O) groups is 3. The molecule has 29 heavy (non-hydrogen) atoms. The summed E-state index contributed by atoms with van der Waals surface area (Å²) in [6, 6.07) is 13.6. The van der Waals surface area contributed by atoms with Crippen LogP contribution in [-0.2, 0) is 14.3 Å². The van der Waals surface area contributed by atoms with Gasteiger partial charge in [0.25, 0.3) is 5.91 Å². The summed E-state index contributed by atoms with van der Waals surface area (Å²) in [4.78, 5) is 39.3. The number of aliphatic hydroxyl groups is 1. The van der Waals surface area contributed by atoms with Gasteiger partial charge in [0.2, 0.25) is 5.91 Å². The number of aliphatic hydroxyl groups excluding tert-OH is 1. The van der Waals surface area contributed by atoms with Crippen LogP contribution in [0.1, 0.15) is 24.2 Å². The number of para-hydroxylation sites is 3. The molecular formula is C21H23N3O5. The Hall–Kier alpha value is -3.39. The largest absolute Gasteiger partial charge is 0.452 e. The molecule has 0 saturated carbocycles. The van der Waals surface area contributed by atoms with Crippen LogP contribution in [0.5, 0.6) is 0 Å². The van der Waals surface area contributed by atoms with Crippen molar-refractivity contribution in [1.82, 2.24) is 0 Å². The fourth-order valence-corrected chi connectivity index (χ4v) is 3.17. The zero-order chi connectivity index (χ0) is 21.0. The predicted molar refractivity (Wildman–Crippen MR) is 109 cm³/mol. The van der Waals surface area contributed by atoms with Gasteiger partial charge < -0.3 is 20.5 Å². The van der Waals surface area contributed by atoms with Crippen LogP contribution in [0.25, 0.3) is 0 Å². The number of anilines is 3. The van der Waals surface area contributed by atoms with Gasteiger partial charge in [-0.2, -0.15) is 0 Å². The third kappa shape index (κ3) is 4.07. The molecule has 1 aliphatic rings. The third-order valence-electron chi connectivity index (χ3n) is 4.66. The smallest absolute Gasteiger partial charge is 0.340 e. The van der Waals surface area contributed by atoms with E-state index >= 15 is 0 Å². The summed E-state index contributed by atoms with van der Waals surface area (Å²) in [7, 11) is 0. The highest BCUT2D eigenvalue weighted by Crippen LogP contribution is 2.36. The number of rotatable bonds is 6. The SMILES string of the molecule is CC1(C)C(=O)Nc2ccccc2N1C(=O)COC(=O)c1ccccc1NCCO. The summed E-state index contributed by atoms with van der Waals surface area (Å²) in [6.07, 6.45) is 0. The summed E-state index contributed by atoms with van der Waals surface area (Å²) in [5.74, 6) is -1.51. The highest BCUT2D eigenvalue weighted by atomic mass is 16.5. The zero-order valence-electron chi connectivity index (χ0n) is 16.3. The summed E-state index contributed by atoms with van der Waals surface area (Å²) < 4.78 is 5.24. The first-order valence-corrected chi connectivity index (χ1v) is 9.20. The molecule has 1 aliphatic heterocycles. The lowest BCUT2D eigenvalue weighted by molar-refractivity contribution is -0.128. The van der Waals surface area contributed by atoms with Crippen LogP contribution in [0.15, 0.2) is 48.5 Å². The molecule has 0 spiro atoms. The number of ether oxygens (including phenoxy) is 1. The van der Waals surface area contributed by atoms with E-state index in [4.69, 9.17) is 9.84 Å². The van der Waals surface area contributed by atoms with E-state index in [1.54, 1.807) is 62.4 Å². The Morgan fingerprint density at radius 3 is 2.59 bits per heavy atom. The van der Waals surface area contributed by atoms with Crippen LogP contribution in [0, 0.1) is 0 Å². The zero-order valence-corrected chi connectivity index (χ0v) is 16.3. The average Bonchev–Trinajstić information content (AvgIpc) is 2.71. The molecule has 8 heteroatoms. The topological polar surface area (TPSA) is 108 Å². The highest BCUT2D eigenvalue weighted by molar-refractivity contribution is 6.14. The Morgan fingerprint density at radius 1 is 1.14 bits per heavy atom. The van der Waals surface area contributed by atoms with Crippen molar-refractivity contribution in [3.8, 4) is 0 Å². The molecule has 0 unspecified atom stereocenters. The number of amides is 2. The maximum Gasteiger partial charge on any atom is 0.340 e. The second-order valence-electron chi connectivity index (χ2n) is 7.03. The number of fused-ring (bicyclic) bond motifs is 1. The van der Waals surface area contributed by atoms with Crippen molar-refractivity contribution in [2.45, 2.75) is 19.4 Å². The molecule has 152 valence electrons. The maximum atomic E-state index is 12.9. The monoisotopic (exact) mass is 397 g/mol.